The maximum atomic E-state index is 15.1. The van der Waals surface area contributed by atoms with Gasteiger partial charge in [-0.2, -0.15) is 0 Å². The lowest BCUT2D eigenvalue weighted by Gasteiger charge is -2.35. The van der Waals surface area contributed by atoms with Crippen molar-refractivity contribution in [2.75, 3.05) is 32.2 Å². The topological polar surface area (TPSA) is 143 Å². The van der Waals surface area contributed by atoms with E-state index in [0.717, 1.165) is 47.0 Å². The highest BCUT2D eigenvalue weighted by molar-refractivity contribution is 6.76. The molecule has 63 heavy (non-hydrogen) atoms. The van der Waals surface area contributed by atoms with Crippen molar-refractivity contribution in [1.82, 2.24) is 24.3 Å². The molecule has 0 radical (unpaired) electrons. The number of carbonyl (C=O) groups is 5. The minimum atomic E-state index is -1.37. The number of halogens is 1. The molecule has 5 heterocycles. The molecule has 2 aromatic heterocycles. The number of nitrogens with one attached hydrogen (secondary N) is 1. The summed E-state index contributed by atoms with van der Waals surface area (Å²) in [6, 6.07) is 13.8. The molecule has 2 fully saturated rings. The third-order valence-corrected chi connectivity index (χ3v) is 13.4. The van der Waals surface area contributed by atoms with Crippen LogP contribution in [0.4, 0.5) is 15.0 Å². The number of unbranched alkanes of at least 4 members (excludes halogenated alkanes) is 1. The smallest absolute Gasteiger partial charge is 0.419 e. The fraction of sp³-hybridized carbons (Fsp3) is 0.458. The SMILES string of the molecule is CN1CCC[C@@H]1c1cc2cnc(NC(=O)c3ccc(CCCC#Cc4ccc(F)c5c4CN(C4CCC(=O)N(COCC[Si](C)(C)C)C4=O)C5=O)cc3)cc2n1C(=O)OC(C)(C)C. The van der Waals surface area contributed by atoms with Gasteiger partial charge in [0, 0.05) is 74.1 Å². The molecule has 2 saturated heterocycles. The summed E-state index contributed by atoms with van der Waals surface area (Å²) in [7, 11) is 0.681. The number of ether oxygens (including phenoxy) is 2. The third-order valence-electron chi connectivity index (χ3n) is 11.7. The van der Waals surface area contributed by atoms with Gasteiger partial charge in [0.15, 0.2) is 0 Å². The summed E-state index contributed by atoms with van der Waals surface area (Å²) in [5, 5.41) is 3.66. The van der Waals surface area contributed by atoms with Gasteiger partial charge in [-0.1, -0.05) is 43.6 Å². The number of pyridine rings is 1. The van der Waals surface area contributed by atoms with Gasteiger partial charge >= 0.3 is 6.09 Å². The normalized spacial score (nSPS) is 18.2. The highest BCUT2D eigenvalue weighted by atomic mass is 28.3. The van der Waals surface area contributed by atoms with Crippen LogP contribution in [0.25, 0.3) is 10.9 Å². The summed E-state index contributed by atoms with van der Waals surface area (Å²) >= 11 is 0. The summed E-state index contributed by atoms with van der Waals surface area (Å²) in [5.74, 6) is 4.16. The predicted molar refractivity (Wildman–Crippen MR) is 240 cm³/mol. The number of hydrogen-bond acceptors (Lipinski definition) is 9. The first-order valence-corrected chi connectivity index (χ1v) is 25.5. The van der Waals surface area contributed by atoms with E-state index in [-0.39, 0.29) is 49.5 Å². The Balaban J connectivity index is 0.950. The monoisotopic (exact) mass is 876 g/mol. The number of aromatic nitrogens is 2. The van der Waals surface area contributed by atoms with Gasteiger partial charge in [0.2, 0.25) is 5.91 Å². The number of hydrogen-bond donors (Lipinski definition) is 1. The zero-order valence-corrected chi connectivity index (χ0v) is 38.3. The van der Waals surface area contributed by atoms with E-state index in [1.807, 2.05) is 46.0 Å². The second-order valence-corrected chi connectivity index (χ2v) is 24.5. The van der Waals surface area contributed by atoms with Crippen molar-refractivity contribution in [3.8, 4) is 11.8 Å². The number of carbonyl (C=O) groups excluding carboxylic acids is 5. The molecule has 332 valence electrons. The highest BCUT2D eigenvalue weighted by Crippen LogP contribution is 2.36. The van der Waals surface area contributed by atoms with Crippen LogP contribution in [-0.2, 0) is 32.0 Å². The quantitative estimate of drug-likeness (QED) is 0.0646. The van der Waals surface area contributed by atoms with Gasteiger partial charge in [-0.15, -0.1) is 0 Å². The van der Waals surface area contributed by atoms with Crippen LogP contribution in [0.3, 0.4) is 0 Å². The lowest BCUT2D eigenvalue weighted by molar-refractivity contribution is -0.158. The zero-order chi connectivity index (χ0) is 45.2. The molecule has 7 rings (SSSR count). The van der Waals surface area contributed by atoms with Crippen LogP contribution in [0.15, 0.2) is 54.7 Å². The number of aryl methyl sites for hydroxylation is 1. The summed E-state index contributed by atoms with van der Waals surface area (Å²) in [6.07, 6.45) is 5.32. The largest absolute Gasteiger partial charge is 0.443 e. The maximum Gasteiger partial charge on any atom is 0.419 e. The van der Waals surface area contributed by atoms with Gasteiger partial charge in [0.1, 0.15) is 30.0 Å². The number of anilines is 1. The average Bonchev–Trinajstić information content (AvgIpc) is 3.92. The van der Waals surface area contributed by atoms with Crippen molar-refractivity contribution in [2.24, 2.45) is 0 Å². The number of rotatable bonds is 12. The van der Waals surface area contributed by atoms with Gasteiger partial charge < -0.3 is 19.7 Å². The average molecular weight is 877 g/mol. The number of fused-ring (bicyclic) bond motifs is 2. The molecule has 1 N–H and O–H groups in total. The van der Waals surface area contributed by atoms with Crippen LogP contribution in [0.2, 0.25) is 25.7 Å². The van der Waals surface area contributed by atoms with Crippen molar-refractivity contribution < 1.29 is 37.8 Å². The van der Waals surface area contributed by atoms with Crippen LogP contribution < -0.4 is 5.32 Å². The molecule has 1 unspecified atom stereocenters. The first kappa shape index (κ1) is 45.3. The maximum absolute atomic E-state index is 15.1. The van der Waals surface area contributed by atoms with E-state index in [2.05, 4.69) is 46.7 Å². The van der Waals surface area contributed by atoms with Gasteiger partial charge in [-0.25, -0.2) is 18.7 Å². The molecule has 2 atom stereocenters. The van der Waals surface area contributed by atoms with Crippen molar-refractivity contribution in [1.29, 1.82) is 0 Å². The van der Waals surface area contributed by atoms with Crippen LogP contribution >= 0.6 is 0 Å². The molecule has 15 heteroatoms. The first-order chi connectivity index (χ1) is 29.9. The Labute approximate surface area is 369 Å². The minimum absolute atomic E-state index is 0.0220. The molecular formula is C48H57FN6O7Si. The van der Waals surface area contributed by atoms with Gasteiger partial charge in [0.25, 0.3) is 17.7 Å². The second-order valence-electron chi connectivity index (χ2n) is 18.9. The Bertz CT molecular complexity index is 2500. The lowest BCUT2D eigenvalue weighted by atomic mass is 10.0. The minimum Gasteiger partial charge on any atom is -0.443 e. The second kappa shape index (κ2) is 18.6. The zero-order valence-electron chi connectivity index (χ0n) is 37.3. The molecule has 3 aliphatic heterocycles. The molecular weight excluding hydrogens is 820 g/mol. The number of piperidine rings is 1. The number of imide groups is 1. The Morgan fingerprint density at radius 3 is 2.48 bits per heavy atom. The Morgan fingerprint density at radius 2 is 1.78 bits per heavy atom. The van der Waals surface area contributed by atoms with E-state index < -0.39 is 43.4 Å². The number of amides is 4. The molecule has 4 aromatic rings. The summed E-state index contributed by atoms with van der Waals surface area (Å²) in [5.41, 5.74) is 3.11. The molecule has 13 nitrogen and oxygen atoms in total. The molecule has 2 aromatic carbocycles. The molecule has 3 aliphatic rings. The molecule has 0 aliphatic carbocycles. The first-order valence-electron chi connectivity index (χ1n) is 21.8. The Kier molecular flexibility index (Phi) is 13.4. The predicted octanol–water partition coefficient (Wildman–Crippen LogP) is 8.14. The van der Waals surface area contributed by atoms with E-state index >= 15 is 4.39 Å². The summed E-state index contributed by atoms with van der Waals surface area (Å²) in [6.45, 7) is 13.4. The number of likely N-dealkylation sites (tertiary alicyclic amines) is 2. The van der Waals surface area contributed by atoms with Crippen molar-refractivity contribution in [3.05, 3.63) is 94.1 Å². The standard InChI is InChI=1S/C48H57FN6O7Si/c1-48(2,3)62-47(60)55-39-27-41(50-28-34(39)26-40(55)37-14-11-23-52(37)4)51-44(57)33-17-15-31(16-18-33)12-9-8-10-13-32-19-20-36(49)43-35(32)29-53(46(43)59)38-21-22-42(56)54(45(38)58)30-61-24-25-63(5,6)7/h15-20,26-28,37-38H,8-9,11-12,14,21-25,29-30H2,1-7H3,(H,50,51,57)/t37-,38?/m1/s1. The third kappa shape index (κ3) is 10.4. The number of benzene rings is 2. The van der Waals surface area contributed by atoms with Crippen molar-refractivity contribution >= 4 is 54.5 Å². The Morgan fingerprint density at radius 1 is 1.02 bits per heavy atom. The highest BCUT2D eigenvalue weighted by Gasteiger charge is 2.44. The summed E-state index contributed by atoms with van der Waals surface area (Å²) in [4.78, 5) is 75.8. The fourth-order valence-corrected chi connectivity index (χ4v) is 9.09. The van der Waals surface area contributed by atoms with E-state index in [1.54, 1.807) is 35.0 Å². The van der Waals surface area contributed by atoms with Crippen LogP contribution in [0.1, 0.15) is 108 Å². The Hall–Kier alpha value is -5.69. The fourth-order valence-electron chi connectivity index (χ4n) is 8.33. The van der Waals surface area contributed by atoms with Gasteiger partial charge in [-0.3, -0.25) is 29.0 Å². The van der Waals surface area contributed by atoms with E-state index in [1.165, 1.54) is 11.0 Å². The molecule has 0 spiro atoms. The van der Waals surface area contributed by atoms with Gasteiger partial charge in [0.05, 0.1) is 17.1 Å². The van der Waals surface area contributed by atoms with Crippen LogP contribution in [-0.4, -0.2) is 101 Å². The molecule has 0 saturated carbocycles. The molecule has 0 bridgehead atoms. The van der Waals surface area contributed by atoms with E-state index in [0.29, 0.717) is 53.9 Å². The van der Waals surface area contributed by atoms with Crippen molar-refractivity contribution in [2.45, 2.75) is 116 Å². The lowest BCUT2D eigenvalue weighted by Crippen LogP contribution is -2.55. The van der Waals surface area contributed by atoms with Crippen LogP contribution in [0, 0.1) is 17.7 Å². The van der Waals surface area contributed by atoms with Crippen LogP contribution in [0.5, 0.6) is 0 Å². The number of nitrogens with zero attached hydrogens (tertiary/aromatic N) is 5. The van der Waals surface area contributed by atoms with Crippen molar-refractivity contribution in [3.63, 3.8) is 0 Å². The van der Waals surface area contributed by atoms with E-state index in [4.69, 9.17) is 9.47 Å². The van der Waals surface area contributed by atoms with E-state index in [9.17, 15) is 24.0 Å². The van der Waals surface area contributed by atoms with Gasteiger partial charge in [-0.05, 0) is 108 Å². The molecule has 4 amide bonds. The summed E-state index contributed by atoms with van der Waals surface area (Å²) < 4.78 is 28.2.